The lowest BCUT2D eigenvalue weighted by Crippen LogP contribution is -2.51. The van der Waals surface area contributed by atoms with Crippen LogP contribution in [0.3, 0.4) is 0 Å². The second-order valence-electron chi connectivity index (χ2n) is 15.5. The number of Topliss-reactive ketones (excluding diaryl/α,β-unsaturated/α-hetero) is 1. The van der Waals surface area contributed by atoms with Crippen molar-refractivity contribution in [2.45, 2.75) is 89.4 Å². The average Bonchev–Trinajstić information content (AvgIpc) is 3.85. The topological polar surface area (TPSA) is 173 Å². The molecule has 6 aliphatic rings. The van der Waals surface area contributed by atoms with E-state index < -0.39 is 30.2 Å². The molecule has 0 radical (unpaired) electrons. The number of nitrogens with one attached hydrogen (secondary N) is 1. The lowest BCUT2D eigenvalue weighted by molar-refractivity contribution is -0.141. The highest BCUT2D eigenvalue weighted by molar-refractivity contribution is 6.11. The zero-order valence-corrected chi connectivity index (χ0v) is 30.9. The highest BCUT2D eigenvalue weighted by Gasteiger charge is 2.49. The Hall–Kier alpha value is -4.36. The van der Waals surface area contributed by atoms with Crippen LogP contribution in [-0.4, -0.2) is 84.5 Å². The van der Waals surface area contributed by atoms with Gasteiger partial charge in [-0.05, 0) is 99.9 Å². The maximum absolute atomic E-state index is 13.9. The Balaban J connectivity index is 1.37. The molecule has 0 amide bonds. The Morgan fingerprint density at radius 2 is 1.91 bits per heavy atom. The Morgan fingerprint density at radius 3 is 2.65 bits per heavy atom. The molecule has 0 aromatic heterocycles. The molecule has 8 rings (SSSR count). The standard InChI is InChI=1S/C42H48N2O10/c1-3-51-41(49)40-30(19-46)35-25-6-7-33(48)28(15-25)27-14-24-8-13-44-32(24)16-23(27)5-4-22(18-45)21-52-38-29-17-34(42(2,50)26-9-11-43-12-10-26)53-37(29)31(20-47)39(54-40)36(35)38/h8,14,16,19,22,26,28,34,43,45,47,50H,3-7,9-13,15,17-18,20-21H2,1-2H3/b35-25-/t22-,28-,34+,42-/m1/s1. The number of aryl methyl sites for hydroxylation is 1. The number of esters is 1. The van der Waals surface area contributed by atoms with Gasteiger partial charge in [-0.15, -0.1) is 0 Å². The smallest absolute Gasteiger partial charge is 0.375 e. The number of rotatable bonds is 7. The van der Waals surface area contributed by atoms with E-state index in [1.807, 2.05) is 6.08 Å². The van der Waals surface area contributed by atoms with Crippen LogP contribution >= 0.6 is 0 Å². The Labute approximate surface area is 313 Å². The number of aliphatic hydroxyl groups is 3. The third kappa shape index (κ3) is 6.17. The first-order valence-electron chi connectivity index (χ1n) is 19.3. The summed E-state index contributed by atoms with van der Waals surface area (Å²) >= 11 is 0. The maximum atomic E-state index is 13.9. The third-order valence-electron chi connectivity index (χ3n) is 12.4. The molecular formula is C42H48N2O10. The first kappa shape index (κ1) is 36.6. The largest absolute Gasteiger partial charge is 0.492 e. The van der Waals surface area contributed by atoms with Crippen LogP contribution < -0.4 is 30.1 Å². The number of nitrogens with zero attached hydrogens (tertiary/aromatic N) is 1. The number of piperidine rings is 1. The number of carbonyl (C=O) groups excluding carboxylic acids is 3. The van der Waals surface area contributed by atoms with Crippen molar-refractivity contribution in [2.75, 3.05) is 39.5 Å². The minimum atomic E-state index is -1.24. The Morgan fingerprint density at radius 1 is 1.09 bits per heavy atom. The van der Waals surface area contributed by atoms with Crippen LogP contribution in [0.5, 0.6) is 17.2 Å². The predicted molar refractivity (Wildman–Crippen MR) is 197 cm³/mol. The predicted octanol–water partition coefficient (Wildman–Crippen LogP) is 2.28. The van der Waals surface area contributed by atoms with Crippen molar-refractivity contribution < 1.29 is 48.7 Å². The normalized spacial score (nSPS) is 26.0. The lowest BCUT2D eigenvalue weighted by Gasteiger charge is -2.39. The van der Waals surface area contributed by atoms with Crippen molar-refractivity contribution >= 4 is 29.7 Å². The van der Waals surface area contributed by atoms with Gasteiger partial charge in [0, 0.05) is 42.4 Å². The molecule has 4 atom stereocenters. The second kappa shape index (κ2) is 14.7. The van der Waals surface area contributed by atoms with E-state index in [-0.39, 0.29) is 79.3 Å². The molecule has 1 saturated carbocycles. The van der Waals surface area contributed by atoms with Gasteiger partial charge in [0.25, 0.3) is 0 Å². The van der Waals surface area contributed by atoms with Crippen LogP contribution in [0, 0.1) is 11.8 Å². The average molecular weight is 741 g/mol. The van der Waals surface area contributed by atoms with Crippen LogP contribution in [0.15, 0.2) is 34.0 Å². The van der Waals surface area contributed by atoms with Gasteiger partial charge in [-0.25, -0.2) is 4.79 Å². The van der Waals surface area contributed by atoms with E-state index in [0.717, 1.165) is 53.2 Å². The molecule has 1 saturated heterocycles. The second-order valence-corrected chi connectivity index (χ2v) is 15.5. The molecule has 2 fully saturated rings. The molecule has 0 spiro atoms. The minimum Gasteiger partial charge on any atom is -0.492 e. The number of ether oxygens (including phenoxy) is 4. The summed E-state index contributed by atoms with van der Waals surface area (Å²) in [6.45, 7) is 4.99. The summed E-state index contributed by atoms with van der Waals surface area (Å²) in [5.41, 5.74) is 3.06. The van der Waals surface area contributed by atoms with E-state index >= 15 is 0 Å². The van der Waals surface area contributed by atoms with E-state index in [2.05, 4.69) is 22.4 Å². The summed E-state index contributed by atoms with van der Waals surface area (Å²) in [5.74, 6) is -1.23. The zero-order chi connectivity index (χ0) is 37.7. The molecular weight excluding hydrogens is 692 g/mol. The van der Waals surface area contributed by atoms with E-state index in [1.54, 1.807) is 13.8 Å². The summed E-state index contributed by atoms with van der Waals surface area (Å²) in [6.07, 6.45) is 5.68. The van der Waals surface area contributed by atoms with Gasteiger partial charge in [0.1, 0.15) is 34.7 Å². The number of aliphatic hydroxyl groups excluding tert-OH is 2. The monoisotopic (exact) mass is 740 g/mol. The van der Waals surface area contributed by atoms with Gasteiger partial charge in [0.15, 0.2) is 6.29 Å². The van der Waals surface area contributed by atoms with E-state index in [4.69, 9.17) is 18.9 Å². The Bertz CT molecular complexity index is 2090. The number of fused-ring (bicyclic) bond motifs is 7. The van der Waals surface area contributed by atoms with Crippen molar-refractivity contribution in [3.63, 3.8) is 0 Å². The van der Waals surface area contributed by atoms with Crippen molar-refractivity contribution in [1.29, 1.82) is 0 Å². The fraction of sp³-hybridized carbons (Fsp3) is 0.524. The molecule has 54 heavy (non-hydrogen) atoms. The van der Waals surface area contributed by atoms with Crippen LogP contribution in [0.1, 0.15) is 86.1 Å². The fourth-order valence-corrected chi connectivity index (χ4v) is 9.32. The highest BCUT2D eigenvalue weighted by Crippen LogP contribution is 2.57. The van der Waals surface area contributed by atoms with Gasteiger partial charge in [0.2, 0.25) is 5.76 Å². The third-order valence-corrected chi connectivity index (χ3v) is 12.4. The number of ketones is 1. The molecule has 2 aromatic carbocycles. The summed E-state index contributed by atoms with van der Waals surface area (Å²) in [7, 11) is 0. The van der Waals surface area contributed by atoms with Crippen molar-refractivity contribution in [2.24, 2.45) is 16.8 Å². The quantitative estimate of drug-likeness (QED) is 0.243. The van der Waals surface area contributed by atoms with Crippen LogP contribution in [0.25, 0.3) is 11.6 Å². The van der Waals surface area contributed by atoms with E-state index in [1.165, 1.54) is 0 Å². The first-order valence-corrected chi connectivity index (χ1v) is 19.3. The number of allylic oxidation sites excluding steroid dienone is 3. The highest BCUT2D eigenvalue weighted by atomic mass is 16.6. The molecule has 1 aliphatic carbocycles. The molecule has 2 aromatic rings. The molecule has 4 N–H and O–H groups in total. The van der Waals surface area contributed by atoms with Gasteiger partial charge in [-0.3, -0.25) is 14.6 Å². The minimum absolute atomic E-state index is 0.0233. The number of benzene rings is 2. The summed E-state index contributed by atoms with van der Waals surface area (Å²) in [5, 5.41) is 39.0. The van der Waals surface area contributed by atoms with E-state index in [9.17, 15) is 29.7 Å². The van der Waals surface area contributed by atoms with Crippen molar-refractivity contribution in [3.05, 3.63) is 67.4 Å². The molecule has 5 aliphatic heterocycles. The van der Waals surface area contributed by atoms with Crippen molar-refractivity contribution in [1.82, 2.24) is 5.32 Å². The van der Waals surface area contributed by atoms with Gasteiger partial charge in [0.05, 0.1) is 48.4 Å². The Kier molecular flexibility index (Phi) is 9.97. The van der Waals surface area contributed by atoms with Crippen LogP contribution in [-0.2, 0) is 38.6 Å². The zero-order valence-electron chi connectivity index (χ0n) is 30.9. The van der Waals surface area contributed by atoms with Gasteiger partial charge in [-0.1, -0.05) is 11.6 Å². The van der Waals surface area contributed by atoms with Gasteiger partial charge >= 0.3 is 5.97 Å². The number of aldehydes is 1. The van der Waals surface area contributed by atoms with Crippen LogP contribution in [0.4, 0.5) is 0 Å². The summed E-state index contributed by atoms with van der Waals surface area (Å²) < 4.78 is 25.2. The summed E-state index contributed by atoms with van der Waals surface area (Å²) in [4.78, 5) is 45.4. The lowest BCUT2D eigenvalue weighted by atomic mass is 9.74. The fourth-order valence-electron chi connectivity index (χ4n) is 9.32. The molecule has 12 heteroatoms. The molecule has 12 nitrogen and oxygen atoms in total. The number of hydrogen-bond acceptors (Lipinski definition) is 12. The number of hydrogen-bond donors (Lipinski definition) is 4. The maximum Gasteiger partial charge on any atom is 0.375 e. The molecule has 5 heterocycles. The van der Waals surface area contributed by atoms with Crippen LogP contribution in [0.2, 0.25) is 0 Å². The molecule has 2 bridgehead atoms. The summed E-state index contributed by atoms with van der Waals surface area (Å²) in [6, 6.07) is 4.12. The number of carbonyl (C=O) groups is 3. The van der Waals surface area contributed by atoms with Gasteiger partial charge in [-0.2, -0.15) is 0 Å². The SMILES string of the molecule is CCOC(=O)C1=C(C=O)/C2=C3\CCC(=O)[C@H](C3)c3cc4c(cc3CC[C@H](CO)COc3c5c(c(CO)c(c32)O1)O[C@H]([C@](C)(O)C1CCNCC1)C5)=NCC=4. The first-order chi connectivity index (χ1) is 26.2. The molecule has 0 unspecified atom stereocenters. The van der Waals surface area contributed by atoms with Crippen molar-refractivity contribution in [3.8, 4) is 17.2 Å². The van der Waals surface area contributed by atoms with Gasteiger partial charge < -0.3 is 39.6 Å². The van der Waals surface area contributed by atoms with E-state index in [0.29, 0.717) is 60.3 Å². The molecule has 286 valence electrons.